The van der Waals surface area contributed by atoms with Crippen LogP contribution in [0, 0.1) is 5.92 Å². The van der Waals surface area contributed by atoms with Crippen molar-refractivity contribution in [3.05, 3.63) is 65.7 Å². The molecule has 0 bridgehead atoms. The van der Waals surface area contributed by atoms with Crippen molar-refractivity contribution >= 4 is 34.5 Å². The Balaban J connectivity index is 1.58. The van der Waals surface area contributed by atoms with Gasteiger partial charge in [0.25, 0.3) is 0 Å². The van der Waals surface area contributed by atoms with Crippen molar-refractivity contribution in [2.75, 3.05) is 12.4 Å². The number of rotatable bonds is 6. The lowest BCUT2D eigenvalue weighted by atomic mass is 10.00. The monoisotopic (exact) mass is 493 g/mol. The molecule has 0 aliphatic carbocycles. The van der Waals surface area contributed by atoms with E-state index in [1.54, 1.807) is 30.1 Å². The summed E-state index contributed by atoms with van der Waals surface area (Å²) in [7, 11) is 1.54. The minimum atomic E-state index is -0.943. The second kappa shape index (κ2) is 9.57. The van der Waals surface area contributed by atoms with E-state index in [4.69, 9.17) is 26.3 Å². The highest BCUT2D eigenvalue weighted by molar-refractivity contribution is 6.30. The zero-order valence-corrected chi connectivity index (χ0v) is 19.8. The molecule has 1 saturated heterocycles. The first kappa shape index (κ1) is 23.2. The topological polar surface area (TPSA) is 127 Å². The van der Waals surface area contributed by atoms with Gasteiger partial charge in [0.2, 0.25) is 5.91 Å². The lowest BCUT2D eigenvalue weighted by Gasteiger charge is -2.17. The molecular formula is C24H24ClN7O3. The van der Waals surface area contributed by atoms with Crippen LogP contribution in [0.25, 0.3) is 22.6 Å². The number of aliphatic hydroxyl groups is 1. The van der Waals surface area contributed by atoms with Gasteiger partial charge in [-0.2, -0.15) is 0 Å². The maximum absolute atomic E-state index is 12.3. The minimum Gasteiger partial charge on any atom is -0.388 e. The maximum atomic E-state index is 12.3. The Hall–Kier alpha value is -3.60. The predicted octanol–water partition coefficient (Wildman–Crippen LogP) is 2.79. The number of hydrogen-bond donors (Lipinski definition) is 3. The van der Waals surface area contributed by atoms with Gasteiger partial charge in [-0.3, -0.25) is 14.3 Å². The first-order valence-corrected chi connectivity index (χ1v) is 11.5. The van der Waals surface area contributed by atoms with Crippen molar-refractivity contribution in [2.24, 2.45) is 5.92 Å². The van der Waals surface area contributed by atoms with Crippen molar-refractivity contribution in [3.8, 4) is 11.4 Å². The third-order valence-electron chi connectivity index (χ3n) is 6.06. The summed E-state index contributed by atoms with van der Waals surface area (Å²) in [6.45, 7) is 2.29. The molecule has 0 spiro atoms. The van der Waals surface area contributed by atoms with E-state index in [-0.39, 0.29) is 5.91 Å². The summed E-state index contributed by atoms with van der Waals surface area (Å²) < 4.78 is 7.61. The van der Waals surface area contributed by atoms with Gasteiger partial charge in [-0.1, -0.05) is 48.9 Å². The molecule has 10 nitrogen and oxygen atoms in total. The molecule has 1 unspecified atom stereocenters. The maximum Gasteiger partial charge on any atom is 0.249 e. The SMILES string of the molecule is CNC(=O)[C@H]1O[C@@H](n2cnc3c(NCc4ccccc4)nc(-c4cncc(Cl)c4)nc32)[C@H](O)C1C. The van der Waals surface area contributed by atoms with Crippen LogP contribution in [-0.2, 0) is 16.1 Å². The van der Waals surface area contributed by atoms with E-state index in [1.165, 1.54) is 13.2 Å². The molecule has 4 aromatic rings. The van der Waals surface area contributed by atoms with Gasteiger partial charge < -0.3 is 20.5 Å². The molecule has 4 atom stereocenters. The second-order valence-corrected chi connectivity index (χ2v) is 8.80. The Morgan fingerprint density at radius 1 is 1.23 bits per heavy atom. The fourth-order valence-corrected chi connectivity index (χ4v) is 4.31. The number of pyridine rings is 1. The zero-order valence-electron chi connectivity index (χ0n) is 19.1. The summed E-state index contributed by atoms with van der Waals surface area (Å²) in [6.07, 6.45) is 2.11. The van der Waals surface area contributed by atoms with Gasteiger partial charge in [-0.25, -0.2) is 15.0 Å². The normalized spacial score (nSPS) is 21.8. The minimum absolute atomic E-state index is 0.297. The third kappa shape index (κ3) is 4.43. The number of hydrogen-bond acceptors (Lipinski definition) is 8. The van der Waals surface area contributed by atoms with Crippen LogP contribution >= 0.6 is 11.6 Å². The van der Waals surface area contributed by atoms with Crippen LogP contribution in [-0.4, -0.2) is 54.8 Å². The Bertz CT molecular complexity index is 1360. The molecule has 4 heterocycles. The molecule has 3 aromatic heterocycles. The van der Waals surface area contributed by atoms with E-state index in [9.17, 15) is 9.90 Å². The van der Waals surface area contributed by atoms with Gasteiger partial charge in [-0.15, -0.1) is 0 Å². The number of fused-ring (bicyclic) bond motifs is 1. The summed E-state index contributed by atoms with van der Waals surface area (Å²) in [5.41, 5.74) is 2.65. The van der Waals surface area contributed by atoms with Crippen molar-refractivity contribution in [2.45, 2.75) is 31.9 Å². The van der Waals surface area contributed by atoms with Crippen molar-refractivity contribution < 1.29 is 14.6 Å². The number of amides is 1. The van der Waals surface area contributed by atoms with Gasteiger partial charge >= 0.3 is 0 Å². The average Bonchev–Trinajstić information content (AvgIpc) is 3.43. The number of anilines is 1. The molecule has 3 N–H and O–H groups in total. The quantitative estimate of drug-likeness (QED) is 0.374. The number of benzene rings is 1. The third-order valence-corrected chi connectivity index (χ3v) is 6.27. The summed E-state index contributed by atoms with van der Waals surface area (Å²) in [5, 5.41) is 17.3. The molecule has 0 radical (unpaired) electrons. The van der Waals surface area contributed by atoms with E-state index in [0.717, 1.165) is 5.56 Å². The molecule has 11 heteroatoms. The van der Waals surface area contributed by atoms with Crippen LogP contribution in [0.3, 0.4) is 0 Å². The number of imidazole rings is 1. The lowest BCUT2D eigenvalue weighted by Crippen LogP contribution is -2.36. The first-order chi connectivity index (χ1) is 17.0. The molecular weight excluding hydrogens is 470 g/mol. The molecule has 1 aliphatic heterocycles. The fourth-order valence-electron chi connectivity index (χ4n) is 4.14. The van der Waals surface area contributed by atoms with Crippen LogP contribution in [0.4, 0.5) is 5.82 Å². The number of nitrogens with one attached hydrogen (secondary N) is 2. The molecule has 1 aromatic carbocycles. The number of carbonyl (C=O) groups excluding carboxylic acids is 1. The number of aliphatic hydroxyl groups excluding tert-OH is 1. The van der Waals surface area contributed by atoms with Gasteiger partial charge in [0.15, 0.2) is 29.0 Å². The van der Waals surface area contributed by atoms with Crippen molar-refractivity contribution in [1.29, 1.82) is 0 Å². The number of carbonyl (C=O) groups is 1. The van der Waals surface area contributed by atoms with Gasteiger partial charge in [0, 0.05) is 37.5 Å². The van der Waals surface area contributed by atoms with Crippen LogP contribution in [0.2, 0.25) is 5.02 Å². The number of nitrogens with zero attached hydrogens (tertiary/aromatic N) is 5. The molecule has 5 rings (SSSR count). The molecule has 35 heavy (non-hydrogen) atoms. The van der Waals surface area contributed by atoms with Crippen molar-refractivity contribution in [1.82, 2.24) is 29.8 Å². The van der Waals surface area contributed by atoms with Crippen LogP contribution in [0.5, 0.6) is 0 Å². The Morgan fingerprint density at radius 3 is 2.77 bits per heavy atom. The van der Waals surface area contributed by atoms with E-state index in [1.807, 2.05) is 30.3 Å². The molecule has 0 saturated carbocycles. The number of aromatic nitrogens is 5. The summed E-state index contributed by atoms with van der Waals surface area (Å²) >= 11 is 6.16. The van der Waals surface area contributed by atoms with E-state index in [2.05, 4.69) is 20.6 Å². The fraction of sp³-hybridized carbons (Fsp3) is 0.292. The summed E-state index contributed by atoms with van der Waals surface area (Å²) in [5.74, 6) is 0.171. The van der Waals surface area contributed by atoms with Crippen LogP contribution in [0.15, 0.2) is 55.1 Å². The van der Waals surface area contributed by atoms with Crippen LogP contribution in [0.1, 0.15) is 18.7 Å². The second-order valence-electron chi connectivity index (χ2n) is 8.36. The zero-order chi connectivity index (χ0) is 24.5. The molecule has 1 aliphatic rings. The highest BCUT2D eigenvalue weighted by atomic mass is 35.5. The smallest absolute Gasteiger partial charge is 0.249 e. The largest absolute Gasteiger partial charge is 0.388 e. The Labute approximate surface area is 206 Å². The molecule has 180 valence electrons. The van der Waals surface area contributed by atoms with Gasteiger partial charge in [-0.05, 0) is 11.6 Å². The average molecular weight is 494 g/mol. The van der Waals surface area contributed by atoms with Gasteiger partial charge in [0.1, 0.15) is 12.2 Å². The molecule has 1 amide bonds. The van der Waals surface area contributed by atoms with Crippen molar-refractivity contribution in [3.63, 3.8) is 0 Å². The molecule has 1 fully saturated rings. The highest BCUT2D eigenvalue weighted by Crippen LogP contribution is 2.36. The predicted molar refractivity (Wildman–Crippen MR) is 130 cm³/mol. The van der Waals surface area contributed by atoms with E-state index >= 15 is 0 Å². The van der Waals surface area contributed by atoms with Crippen LogP contribution < -0.4 is 10.6 Å². The summed E-state index contributed by atoms with van der Waals surface area (Å²) in [4.78, 5) is 30.3. The van der Waals surface area contributed by atoms with E-state index < -0.39 is 24.4 Å². The first-order valence-electron chi connectivity index (χ1n) is 11.1. The summed E-state index contributed by atoms with van der Waals surface area (Å²) in [6, 6.07) is 11.6. The number of likely N-dealkylation sites (N-methyl/N-ethyl adjacent to an activating group) is 1. The lowest BCUT2D eigenvalue weighted by molar-refractivity contribution is -0.135. The van der Waals surface area contributed by atoms with E-state index in [0.29, 0.717) is 39.9 Å². The van der Waals surface area contributed by atoms with Gasteiger partial charge in [0.05, 0.1) is 11.3 Å². The Kier molecular flexibility index (Phi) is 6.33. The Morgan fingerprint density at radius 2 is 2.03 bits per heavy atom. The standard InChI is InChI=1S/C24H24ClN7O3/c1-13-18(33)24(35-19(13)23(34)26-2)32-12-29-17-21(28-9-14-6-4-3-5-7-14)30-20(31-22(17)32)15-8-16(25)11-27-10-15/h3-8,10-13,18-19,24,33H,9H2,1-2H3,(H,26,34)(H,28,30,31)/t13?,18-,19+,24-/m1/s1. The number of ether oxygens (including phenoxy) is 1. The number of halogens is 1. The highest BCUT2D eigenvalue weighted by Gasteiger charge is 2.45.